The highest BCUT2D eigenvalue weighted by Gasteiger charge is 2.14. The minimum absolute atomic E-state index is 0.140. The fraction of sp³-hybridized carbons (Fsp3) is 0.286. The maximum atomic E-state index is 12.6. The third kappa shape index (κ3) is 8.34. The van der Waals surface area contributed by atoms with Crippen molar-refractivity contribution in [1.82, 2.24) is 0 Å². The van der Waals surface area contributed by atoms with Crippen LogP contribution in [0.4, 0.5) is 0 Å². The predicted octanol–water partition coefficient (Wildman–Crippen LogP) is 5.25. The van der Waals surface area contributed by atoms with Gasteiger partial charge in [-0.1, -0.05) is 44.4 Å². The zero-order chi connectivity index (χ0) is 26.3. The average molecular weight is 489 g/mol. The second-order valence-corrected chi connectivity index (χ2v) is 7.61. The highest BCUT2D eigenvalue weighted by Crippen LogP contribution is 2.29. The number of nitriles is 2. The van der Waals surface area contributed by atoms with Gasteiger partial charge in [-0.3, -0.25) is 0 Å². The Labute approximate surface area is 211 Å². The summed E-state index contributed by atoms with van der Waals surface area (Å²) in [4.78, 5) is 24.2. The van der Waals surface area contributed by atoms with E-state index in [1.165, 1.54) is 38.5 Å². The smallest absolute Gasteiger partial charge is 0.354 e. The second-order valence-electron chi connectivity index (χ2n) is 7.61. The maximum Gasteiger partial charge on any atom is 0.354 e. The van der Waals surface area contributed by atoms with Crippen LogP contribution in [0.2, 0.25) is 0 Å². The number of nitrogens with zero attached hydrogens (tertiary/aromatic N) is 2. The number of carbonyl (C=O) groups excluding carboxylic acids is 2. The van der Waals surface area contributed by atoms with Crippen LogP contribution in [0.5, 0.6) is 17.2 Å². The number of ether oxygens (including phenoxy) is 4. The molecule has 0 heterocycles. The van der Waals surface area contributed by atoms with Crippen molar-refractivity contribution in [3.63, 3.8) is 0 Å². The molecule has 0 fully saturated rings. The number of rotatable bonds is 12. The first-order valence-electron chi connectivity index (χ1n) is 11.4. The fourth-order valence-corrected chi connectivity index (χ4v) is 3.15. The first-order chi connectivity index (χ1) is 17.4. The van der Waals surface area contributed by atoms with E-state index in [2.05, 4.69) is 11.7 Å². The molecule has 0 radical (unpaired) electrons. The Hall–Kier alpha value is -4.56. The summed E-state index contributed by atoms with van der Waals surface area (Å²) in [5, 5.41) is 18.6. The van der Waals surface area contributed by atoms with Gasteiger partial charge in [0.05, 0.1) is 20.8 Å². The van der Waals surface area contributed by atoms with Gasteiger partial charge >= 0.3 is 11.9 Å². The Morgan fingerprint density at radius 2 is 1.56 bits per heavy atom. The van der Waals surface area contributed by atoms with Crippen molar-refractivity contribution < 1.29 is 28.5 Å². The van der Waals surface area contributed by atoms with E-state index in [0.29, 0.717) is 29.2 Å². The van der Waals surface area contributed by atoms with Gasteiger partial charge < -0.3 is 18.9 Å². The zero-order valence-electron chi connectivity index (χ0n) is 20.6. The zero-order valence-corrected chi connectivity index (χ0v) is 20.6. The molecule has 0 aliphatic rings. The van der Waals surface area contributed by atoms with Crippen LogP contribution in [0, 0.1) is 22.7 Å². The molecule has 0 amide bonds. The van der Waals surface area contributed by atoms with E-state index in [9.17, 15) is 14.9 Å². The molecule has 186 valence electrons. The number of methoxy groups -OCH3 is 2. The van der Waals surface area contributed by atoms with Crippen LogP contribution in [0.1, 0.15) is 43.7 Å². The number of benzene rings is 2. The molecule has 8 nitrogen and oxygen atoms in total. The maximum absolute atomic E-state index is 12.6. The minimum atomic E-state index is -0.859. The summed E-state index contributed by atoms with van der Waals surface area (Å²) in [6.07, 6.45) is 7.05. The normalized spacial score (nSPS) is 11.1. The van der Waals surface area contributed by atoms with Gasteiger partial charge in [-0.25, -0.2) is 9.59 Å². The first-order valence-corrected chi connectivity index (χ1v) is 11.4. The number of esters is 2. The van der Waals surface area contributed by atoms with Gasteiger partial charge in [-0.05, 0) is 54.0 Å². The molecule has 0 saturated carbocycles. The Morgan fingerprint density at radius 3 is 2.19 bits per heavy atom. The number of unbranched alkanes of at least 4 members (excludes halogenated alkanes) is 3. The van der Waals surface area contributed by atoms with E-state index in [0.717, 1.165) is 25.7 Å². The van der Waals surface area contributed by atoms with Crippen LogP contribution in [0.3, 0.4) is 0 Å². The lowest BCUT2D eigenvalue weighted by Gasteiger charge is -2.11. The Kier molecular flexibility index (Phi) is 11.3. The average Bonchev–Trinajstić information content (AvgIpc) is 2.90. The van der Waals surface area contributed by atoms with Crippen molar-refractivity contribution in [3.05, 3.63) is 64.7 Å². The van der Waals surface area contributed by atoms with Crippen molar-refractivity contribution >= 4 is 24.1 Å². The van der Waals surface area contributed by atoms with Gasteiger partial charge in [0.1, 0.15) is 29.0 Å². The Morgan fingerprint density at radius 1 is 0.861 bits per heavy atom. The number of carbonyl (C=O) groups is 2. The molecule has 8 heteroatoms. The van der Waals surface area contributed by atoms with E-state index in [-0.39, 0.29) is 16.9 Å². The van der Waals surface area contributed by atoms with E-state index in [4.69, 9.17) is 19.5 Å². The van der Waals surface area contributed by atoms with Crippen LogP contribution < -0.4 is 14.2 Å². The van der Waals surface area contributed by atoms with Crippen LogP contribution in [-0.4, -0.2) is 32.8 Å². The Balaban J connectivity index is 2.16. The summed E-state index contributed by atoms with van der Waals surface area (Å²) in [5.74, 6) is -0.425. The lowest BCUT2D eigenvalue weighted by atomic mass is 10.1. The second kappa shape index (κ2) is 14.6. The van der Waals surface area contributed by atoms with Crippen LogP contribution >= 0.6 is 0 Å². The van der Waals surface area contributed by atoms with E-state index in [1.54, 1.807) is 36.4 Å². The minimum Gasteiger partial charge on any atom is -0.493 e. The third-order valence-corrected chi connectivity index (χ3v) is 5.00. The summed E-state index contributed by atoms with van der Waals surface area (Å²) < 4.78 is 21.1. The highest BCUT2D eigenvalue weighted by atomic mass is 16.5. The molecule has 2 aromatic carbocycles. The fourth-order valence-electron chi connectivity index (χ4n) is 3.15. The molecule has 2 aromatic rings. The molecule has 0 saturated heterocycles. The molecule has 0 bridgehead atoms. The van der Waals surface area contributed by atoms with Gasteiger partial charge in [0.15, 0.2) is 11.5 Å². The van der Waals surface area contributed by atoms with Crippen LogP contribution in [-0.2, 0) is 14.3 Å². The van der Waals surface area contributed by atoms with Gasteiger partial charge in [0.25, 0.3) is 0 Å². The molecular formula is C28H28N2O6. The van der Waals surface area contributed by atoms with Gasteiger partial charge in [0, 0.05) is 0 Å². The summed E-state index contributed by atoms with van der Waals surface area (Å²) in [6.45, 7) is 2.72. The third-order valence-electron chi connectivity index (χ3n) is 5.00. The predicted molar refractivity (Wildman–Crippen MR) is 134 cm³/mol. The molecular weight excluding hydrogens is 460 g/mol. The molecule has 36 heavy (non-hydrogen) atoms. The van der Waals surface area contributed by atoms with E-state index >= 15 is 0 Å². The van der Waals surface area contributed by atoms with Gasteiger partial charge in [0.2, 0.25) is 0 Å². The topological polar surface area (TPSA) is 119 Å². The molecule has 0 atom stereocenters. The van der Waals surface area contributed by atoms with Crippen molar-refractivity contribution in [2.24, 2.45) is 0 Å². The van der Waals surface area contributed by atoms with Crippen molar-refractivity contribution in [2.45, 2.75) is 32.6 Å². The van der Waals surface area contributed by atoms with Crippen molar-refractivity contribution in [2.75, 3.05) is 20.8 Å². The molecule has 0 aromatic heterocycles. The SMILES string of the molecule is CCCCCCOc1ccc(/C=C(\C#N)C(=O)Oc2cccc(/C=C(\C#N)C(=O)OC)c2)cc1OC. The van der Waals surface area contributed by atoms with Crippen molar-refractivity contribution in [1.29, 1.82) is 10.5 Å². The summed E-state index contributed by atoms with van der Waals surface area (Å²) in [6, 6.07) is 14.9. The lowest BCUT2D eigenvalue weighted by molar-refractivity contribution is -0.135. The number of hydrogen-bond acceptors (Lipinski definition) is 8. The highest BCUT2D eigenvalue weighted by molar-refractivity contribution is 5.99. The van der Waals surface area contributed by atoms with Crippen LogP contribution in [0.15, 0.2) is 53.6 Å². The summed E-state index contributed by atoms with van der Waals surface area (Å²) >= 11 is 0. The number of hydrogen-bond donors (Lipinski definition) is 0. The standard InChI is InChI=1S/C28H28N2O6/c1-4-5-6-7-13-35-25-12-11-21(17-26(25)33-2)15-23(19-30)28(32)36-24-10-8-9-20(16-24)14-22(18-29)27(31)34-3/h8-12,14-17H,4-7,13H2,1-3H3/b22-14+,23-15+. The lowest BCUT2D eigenvalue weighted by Crippen LogP contribution is -2.10. The molecule has 0 aliphatic heterocycles. The van der Waals surface area contributed by atoms with Gasteiger partial charge in [-0.15, -0.1) is 0 Å². The molecule has 0 N–H and O–H groups in total. The monoisotopic (exact) mass is 488 g/mol. The van der Waals surface area contributed by atoms with Gasteiger partial charge in [-0.2, -0.15) is 10.5 Å². The first kappa shape index (κ1) is 27.7. The molecule has 0 unspecified atom stereocenters. The van der Waals surface area contributed by atoms with E-state index in [1.807, 2.05) is 6.07 Å². The van der Waals surface area contributed by atoms with Crippen molar-refractivity contribution in [3.8, 4) is 29.4 Å². The Bertz CT molecular complexity index is 1220. The van der Waals surface area contributed by atoms with Crippen LogP contribution in [0.25, 0.3) is 12.2 Å². The molecule has 0 spiro atoms. The van der Waals surface area contributed by atoms with E-state index < -0.39 is 11.9 Å². The molecule has 0 aliphatic carbocycles. The molecule has 2 rings (SSSR count). The quantitative estimate of drug-likeness (QED) is 0.131. The summed E-state index contributed by atoms with van der Waals surface area (Å²) in [7, 11) is 2.69. The summed E-state index contributed by atoms with van der Waals surface area (Å²) in [5.41, 5.74) is 0.575. The largest absolute Gasteiger partial charge is 0.493 e.